The molecule has 0 radical (unpaired) electrons. The van der Waals surface area contributed by atoms with Crippen molar-refractivity contribution in [2.24, 2.45) is 0 Å². The molecule has 1 atom stereocenters. The molecule has 2 aromatic rings. The van der Waals surface area contributed by atoms with Crippen molar-refractivity contribution in [2.75, 3.05) is 56.2 Å². The van der Waals surface area contributed by atoms with E-state index in [1.165, 1.54) is 17.0 Å². The minimum Gasteiger partial charge on any atom is -0.474 e. The summed E-state index contributed by atoms with van der Waals surface area (Å²) >= 11 is 4.89. The van der Waals surface area contributed by atoms with Crippen molar-refractivity contribution in [1.82, 2.24) is 26.1 Å². The largest absolute Gasteiger partial charge is 0.474 e. The van der Waals surface area contributed by atoms with Gasteiger partial charge in [-0.3, -0.25) is 14.9 Å². The summed E-state index contributed by atoms with van der Waals surface area (Å²) in [6, 6.07) is 5.47. The third-order valence-corrected chi connectivity index (χ3v) is 6.16. The number of ether oxygens (including phenoxy) is 2. The van der Waals surface area contributed by atoms with E-state index in [2.05, 4.69) is 21.0 Å². The molecule has 1 aromatic heterocycles. The predicted molar refractivity (Wildman–Crippen MR) is 135 cm³/mol. The fourth-order valence-corrected chi connectivity index (χ4v) is 4.11. The molecule has 11 nitrogen and oxygen atoms in total. The van der Waals surface area contributed by atoms with Crippen molar-refractivity contribution in [2.45, 2.75) is 12.6 Å². The Labute approximate surface area is 217 Å². The molecule has 2 aliphatic rings. The molecular formula is C23H27F2N7O4S. The van der Waals surface area contributed by atoms with Crippen LogP contribution in [0.3, 0.4) is 0 Å². The molecule has 3 N–H and O–H groups in total. The molecule has 0 aliphatic carbocycles. The Bertz CT molecular complexity index is 1120. The number of anilines is 2. The van der Waals surface area contributed by atoms with Gasteiger partial charge >= 0.3 is 12.1 Å². The van der Waals surface area contributed by atoms with E-state index in [0.29, 0.717) is 6.54 Å². The molecule has 4 rings (SSSR count). The molecule has 2 saturated heterocycles. The van der Waals surface area contributed by atoms with Gasteiger partial charge in [-0.15, -0.1) is 0 Å². The van der Waals surface area contributed by atoms with Crippen molar-refractivity contribution in [1.29, 1.82) is 0 Å². The first kappa shape index (κ1) is 26.3. The molecule has 14 heteroatoms. The summed E-state index contributed by atoms with van der Waals surface area (Å²) in [6.07, 6.45) is 2.02. The molecule has 3 amide bonds. The minimum atomic E-state index is -0.820. The molecule has 2 fully saturated rings. The molecule has 0 spiro atoms. The van der Waals surface area contributed by atoms with Gasteiger partial charge in [0.05, 0.1) is 32.4 Å². The average Bonchev–Trinajstić information content (AvgIpc) is 3.10. The highest BCUT2D eigenvalue weighted by Crippen LogP contribution is 2.31. The van der Waals surface area contributed by atoms with Gasteiger partial charge < -0.3 is 25.0 Å². The van der Waals surface area contributed by atoms with Crippen molar-refractivity contribution < 1.29 is 27.8 Å². The number of nitrogens with zero attached hydrogens (tertiary/aromatic N) is 4. The Morgan fingerprint density at radius 2 is 2.05 bits per heavy atom. The number of halogens is 2. The van der Waals surface area contributed by atoms with Crippen LogP contribution in [0.4, 0.5) is 29.7 Å². The quantitative estimate of drug-likeness (QED) is 0.477. The number of carbonyl (C=O) groups excluding carboxylic acids is 2. The van der Waals surface area contributed by atoms with E-state index in [1.54, 1.807) is 18.5 Å². The van der Waals surface area contributed by atoms with Crippen molar-refractivity contribution in [3.8, 4) is 0 Å². The van der Waals surface area contributed by atoms with Crippen molar-refractivity contribution >= 4 is 40.9 Å². The van der Waals surface area contributed by atoms with Gasteiger partial charge in [0.25, 0.3) is 5.17 Å². The van der Waals surface area contributed by atoms with Crippen LogP contribution in [0.25, 0.3) is 0 Å². The van der Waals surface area contributed by atoms with Crippen LogP contribution in [0, 0.1) is 11.6 Å². The van der Waals surface area contributed by atoms with Crippen molar-refractivity contribution in [3.05, 3.63) is 53.9 Å². The van der Waals surface area contributed by atoms with Crippen LogP contribution in [-0.2, 0) is 16.0 Å². The number of thiocarbonyl (C=S) groups is 1. The number of hydrogen-bond donors (Lipinski definition) is 3. The summed E-state index contributed by atoms with van der Waals surface area (Å²) in [4.78, 5) is 31.5. The molecule has 37 heavy (non-hydrogen) atoms. The zero-order chi connectivity index (χ0) is 26.4. The van der Waals surface area contributed by atoms with Gasteiger partial charge in [-0.25, -0.2) is 23.8 Å². The molecule has 0 unspecified atom stereocenters. The smallest absolute Gasteiger partial charge is 0.414 e. The lowest BCUT2D eigenvalue weighted by atomic mass is 10.2. The minimum absolute atomic E-state index is 0.0462. The lowest BCUT2D eigenvalue weighted by Crippen LogP contribution is -2.48. The Kier molecular flexibility index (Phi) is 8.50. The maximum atomic E-state index is 15.1. The number of cyclic esters (lactones) is 1. The standard InChI is InChI=1S/C23H27F2N7O4S/c1-35-22(37)28-13-17-14-31(23(34)36-17)16-9-18(24)20(19(25)10-16)30-6-5-29-32(8-7-30)21(33)27-12-15-3-2-4-26-11-15/h2-4,9-11,17,29H,5-8,12-14H2,1H3,(H,27,33)(H,28,37)/t17-/m0/s1. The molecule has 3 heterocycles. The Morgan fingerprint density at radius 1 is 1.27 bits per heavy atom. The van der Waals surface area contributed by atoms with Gasteiger partial charge in [0.2, 0.25) is 0 Å². The zero-order valence-electron chi connectivity index (χ0n) is 20.1. The Hall–Kier alpha value is -3.78. The monoisotopic (exact) mass is 535 g/mol. The average molecular weight is 536 g/mol. The van der Waals surface area contributed by atoms with Gasteiger partial charge in [0.15, 0.2) is 11.6 Å². The maximum absolute atomic E-state index is 15.1. The number of hydrazine groups is 1. The van der Waals surface area contributed by atoms with Crippen LogP contribution in [0.15, 0.2) is 36.7 Å². The molecule has 0 saturated carbocycles. The number of rotatable bonds is 6. The number of carbonyl (C=O) groups is 2. The Morgan fingerprint density at radius 3 is 2.76 bits per heavy atom. The van der Waals surface area contributed by atoms with Gasteiger partial charge in [-0.2, -0.15) is 0 Å². The summed E-state index contributed by atoms with van der Waals surface area (Å²) in [5.41, 5.74) is 3.64. The third-order valence-electron chi connectivity index (χ3n) is 5.85. The maximum Gasteiger partial charge on any atom is 0.414 e. The van der Waals surface area contributed by atoms with Crippen LogP contribution in [0.1, 0.15) is 5.56 Å². The first-order chi connectivity index (χ1) is 17.9. The van der Waals surface area contributed by atoms with Crippen LogP contribution in [-0.4, -0.2) is 79.8 Å². The van der Waals surface area contributed by atoms with E-state index < -0.39 is 23.8 Å². The second kappa shape index (κ2) is 12.0. The van der Waals surface area contributed by atoms with E-state index >= 15 is 8.78 Å². The normalized spacial score (nSPS) is 17.8. The first-order valence-corrected chi connectivity index (χ1v) is 12.0. The number of aromatic nitrogens is 1. The number of benzene rings is 1. The van der Waals surface area contributed by atoms with Crippen LogP contribution < -0.4 is 25.9 Å². The van der Waals surface area contributed by atoms with E-state index in [4.69, 9.17) is 21.7 Å². The number of nitrogens with one attached hydrogen (secondary N) is 3. The van der Waals surface area contributed by atoms with E-state index in [0.717, 1.165) is 22.6 Å². The topological polar surface area (TPSA) is 111 Å². The SMILES string of the molecule is COC(=S)NC[C@H]1CN(c2cc(F)c(N3CCNN(C(=O)NCc4cccnc4)CC3)c(F)c2)C(=O)O1. The summed E-state index contributed by atoms with van der Waals surface area (Å²) in [7, 11) is 1.41. The van der Waals surface area contributed by atoms with Crippen LogP contribution in [0.2, 0.25) is 0 Å². The van der Waals surface area contributed by atoms with Crippen LogP contribution in [0.5, 0.6) is 0 Å². The highest BCUT2D eigenvalue weighted by atomic mass is 32.1. The van der Waals surface area contributed by atoms with Crippen molar-refractivity contribution in [3.63, 3.8) is 0 Å². The third kappa shape index (κ3) is 6.51. The highest BCUT2D eigenvalue weighted by molar-refractivity contribution is 7.80. The lowest BCUT2D eigenvalue weighted by Gasteiger charge is -2.25. The lowest BCUT2D eigenvalue weighted by molar-refractivity contribution is 0.142. The van der Waals surface area contributed by atoms with Gasteiger partial charge in [0, 0.05) is 50.7 Å². The number of methoxy groups -OCH3 is 1. The first-order valence-electron chi connectivity index (χ1n) is 11.6. The summed E-state index contributed by atoms with van der Waals surface area (Å²) in [5, 5.41) is 7.10. The van der Waals surface area contributed by atoms with Gasteiger partial charge in [-0.1, -0.05) is 6.07 Å². The molecule has 1 aromatic carbocycles. The molecular weight excluding hydrogens is 508 g/mol. The second-order valence-electron chi connectivity index (χ2n) is 8.31. The fraction of sp³-hybridized carbons (Fsp3) is 0.391. The summed E-state index contributed by atoms with van der Waals surface area (Å²) in [5.74, 6) is -1.64. The van der Waals surface area contributed by atoms with E-state index in [9.17, 15) is 9.59 Å². The number of amides is 3. The predicted octanol–water partition coefficient (Wildman–Crippen LogP) is 1.74. The highest BCUT2D eigenvalue weighted by Gasteiger charge is 2.34. The van der Waals surface area contributed by atoms with Gasteiger partial charge in [-0.05, 0) is 23.8 Å². The number of urea groups is 1. The Balaban J connectivity index is 1.37. The van der Waals surface area contributed by atoms with Gasteiger partial charge in [0.1, 0.15) is 11.8 Å². The summed E-state index contributed by atoms with van der Waals surface area (Å²) in [6.45, 7) is 1.53. The fourth-order valence-electron chi connectivity index (χ4n) is 4.02. The van der Waals surface area contributed by atoms with Crippen LogP contribution >= 0.6 is 12.2 Å². The zero-order valence-corrected chi connectivity index (χ0v) is 20.9. The number of hydrogen-bond acceptors (Lipinski definition) is 8. The van der Waals surface area contributed by atoms with E-state index in [1.807, 2.05) is 6.07 Å². The molecule has 198 valence electrons. The number of pyridine rings is 1. The summed E-state index contributed by atoms with van der Waals surface area (Å²) < 4.78 is 40.4. The second-order valence-corrected chi connectivity index (χ2v) is 8.68. The van der Waals surface area contributed by atoms with E-state index in [-0.39, 0.29) is 61.8 Å². The molecule has 0 bridgehead atoms. The molecule has 2 aliphatic heterocycles.